The standard InChI is InChI=1S/C34H34N8O5/c1-18(2)25-12-26(29(44)13-28(25)43)30-39-40-34(47)42(30)24-10-9-22-16-41(17-23(22)11-24)32(46)20-6-3-19(4-7-20)5-8-21(14-35)27-15-37-33(36)38-31(27)45/h3-4,6-7,9-15,18,43-44H,5,8,16-17,35H2,1-2H3,(H,40,47)(H3,36,37,38,45)/b21-14-. The summed E-state index contributed by atoms with van der Waals surface area (Å²) in [5, 5.41) is 27.6. The fourth-order valence-corrected chi connectivity index (χ4v) is 5.84. The SMILES string of the molecule is CC(C)c1cc(-c2n[nH]c(=O)n2-c2ccc3c(c2)CN(C(=O)c2ccc(CC/C(=C/N)c4cnc(N)[nH]c4=O)cc2)C3)c(O)cc1O. The van der Waals surface area contributed by atoms with Crippen molar-refractivity contribution >= 4 is 17.4 Å². The fourth-order valence-electron chi connectivity index (χ4n) is 5.84. The highest BCUT2D eigenvalue weighted by molar-refractivity contribution is 5.94. The van der Waals surface area contributed by atoms with Crippen LogP contribution >= 0.6 is 0 Å². The van der Waals surface area contributed by atoms with Crippen molar-refractivity contribution in [3.8, 4) is 28.6 Å². The molecule has 0 bridgehead atoms. The number of rotatable bonds is 8. The molecule has 13 heteroatoms. The van der Waals surface area contributed by atoms with E-state index in [4.69, 9.17) is 11.5 Å². The van der Waals surface area contributed by atoms with Gasteiger partial charge in [-0.2, -0.15) is 5.10 Å². The lowest BCUT2D eigenvalue weighted by Gasteiger charge is -2.16. The van der Waals surface area contributed by atoms with Crippen molar-refractivity contribution in [3.05, 3.63) is 121 Å². The molecule has 0 fully saturated rings. The van der Waals surface area contributed by atoms with Crippen LogP contribution < -0.4 is 22.7 Å². The summed E-state index contributed by atoms with van der Waals surface area (Å²) in [6, 6.07) is 15.7. The van der Waals surface area contributed by atoms with Crippen molar-refractivity contribution in [3.63, 3.8) is 0 Å². The molecule has 2 aromatic heterocycles. The molecule has 1 aliphatic heterocycles. The molecule has 5 aromatic rings. The van der Waals surface area contributed by atoms with Crippen molar-refractivity contribution in [2.45, 2.75) is 45.7 Å². The smallest absolute Gasteiger partial charge is 0.348 e. The van der Waals surface area contributed by atoms with Crippen LogP contribution in [0.2, 0.25) is 0 Å². The van der Waals surface area contributed by atoms with E-state index in [2.05, 4.69) is 20.2 Å². The number of benzene rings is 3. The van der Waals surface area contributed by atoms with Gasteiger partial charge in [-0.25, -0.2) is 19.4 Å². The first-order valence-electron chi connectivity index (χ1n) is 15.0. The van der Waals surface area contributed by atoms with E-state index in [-0.39, 0.29) is 40.7 Å². The molecular weight excluding hydrogens is 600 g/mol. The third kappa shape index (κ3) is 5.98. The molecular formula is C34H34N8O5. The zero-order valence-corrected chi connectivity index (χ0v) is 25.8. The molecule has 3 aromatic carbocycles. The molecule has 1 amide bonds. The van der Waals surface area contributed by atoms with E-state index in [1.165, 1.54) is 23.0 Å². The second-order valence-corrected chi connectivity index (χ2v) is 11.8. The summed E-state index contributed by atoms with van der Waals surface area (Å²) in [4.78, 5) is 46.8. The Balaban J connectivity index is 1.17. The maximum atomic E-state index is 13.5. The Labute approximate surface area is 268 Å². The fraction of sp³-hybridized carbons (Fsp3) is 0.206. The number of nitrogens with zero attached hydrogens (tertiary/aromatic N) is 4. The number of carbonyl (C=O) groups is 1. The van der Waals surface area contributed by atoms with Gasteiger partial charge in [0.05, 0.1) is 16.8 Å². The third-order valence-electron chi connectivity index (χ3n) is 8.39. The number of aromatic hydroxyl groups is 2. The Hall–Kier alpha value is -6.11. The number of aromatic nitrogens is 5. The lowest BCUT2D eigenvalue weighted by atomic mass is 9.98. The molecule has 1 aliphatic rings. The second-order valence-electron chi connectivity index (χ2n) is 11.8. The summed E-state index contributed by atoms with van der Waals surface area (Å²) in [6.45, 7) is 4.59. The van der Waals surface area contributed by atoms with Crippen molar-refractivity contribution < 1.29 is 15.0 Å². The summed E-state index contributed by atoms with van der Waals surface area (Å²) >= 11 is 0. The predicted octanol–water partition coefficient (Wildman–Crippen LogP) is 3.52. The first kappa shape index (κ1) is 30.9. The van der Waals surface area contributed by atoms with E-state index in [0.29, 0.717) is 59.4 Å². The Morgan fingerprint density at radius 2 is 1.77 bits per heavy atom. The number of anilines is 1. The lowest BCUT2D eigenvalue weighted by Crippen LogP contribution is -2.25. The van der Waals surface area contributed by atoms with E-state index in [1.54, 1.807) is 29.2 Å². The van der Waals surface area contributed by atoms with Gasteiger partial charge in [-0.1, -0.05) is 32.0 Å². The number of nitrogens with one attached hydrogen (secondary N) is 2. The monoisotopic (exact) mass is 634 g/mol. The van der Waals surface area contributed by atoms with Crippen LogP contribution in [0.15, 0.2) is 76.6 Å². The number of nitrogen functional groups attached to an aromatic ring is 1. The van der Waals surface area contributed by atoms with Crippen LogP contribution in [0.5, 0.6) is 11.5 Å². The van der Waals surface area contributed by atoms with Crippen LogP contribution in [0.1, 0.15) is 64.4 Å². The number of aromatic amines is 2. The minimum Gasteiger partial charge on any atom is -0.508 e. The summed E-state index contributed by atoms with van der Waals surface area (Å²) in [7, 11) is 0. The number of amides is 1. The van der Waals surface area contributed by atoms with Crippen LogP contribution in [-0.4, -0.2) is 45.8 Å². The van der Waals surface area contributed by atoms with Gasteiger partial charge in [0.15, 0.2) is 11.8 Å². The van der Waals surface area contributed by atoms with Crippen LogP contribution in [0.4, 0.5) is 5.95 Å². The number of phenolic OH excluding ortho intramolecular Hbond substituents is 2. The minimum atomic E-state index is -0.490. The molecule has 0 saturated heterocycles. The highest BCUT2D eigenvalue weighted by Gasteiger charge is 2.26. The zero-order valence-electron chi connectivity index (χ0n) is 25.8. The van der Waals surface area contributed by atoms with Gasteiger partial charge in [0, 0.05) is 30.9 Å². The van der Waals surface area contributed by atoms with Crippen molar-refractivity contribution in [1.29, 1.82) is 0 Å². The minimum absolute atomic E-state index is 0.0282. The normalized spacial score (nSPS) is 12.9. The molecule has 0 radical (unpaired) electrons. The lowest BCUT2D eigenvalue weighted by molar-refractivity contribution is 0.0751. The Morgan fingerprint density at radius 1 is 1.02 bits per heavy atom. The number of fused-ring (bicyclic) bond motifs is 1. The number of H-pyrrole nitrogens is 2. The second kappa shape index (κ2) is 12.4. The molecule has 13 nitrogen and oxygen atoms in total. The number of hydrogen-bond acceptors (Lipinski definition) is 9. The molecule has 0 atom stereocenters. The number of phenols is 2. The first-order valence-corrected chi connectivity index (χ1v) is 15.0. The van der Waals surface area contributed by atoms with Gasteiger partial charge in [-0.15, -0.1) is 0 Å². The van der Waals surface area contributed by atoms with E-state index in [0.717, 1.165) is 16.7 Å². The molecule has 6 rings (SSSR count). The van der Waals surface area contributed by atoms with E-state index >= 15 is 0 Å². The molecule has 0 aliphatic carbocycles. The van der Waals surface area contributed by atoms with E-state index in [9.17, 15) is 24.6 Å². The highest BCUT2D eigenvalue weighted by atomic mass is 16.3. The Kier molecular flexibility index (Phi) is 8.12. The topological polar surface area (TPSA) is 209 Å². The zero-order chi connectivity index (χ0) is 33.4. The van der Waals surface area contributed by atoms with Crippen molar-refractivity contribution in [1.82, 2.24) is 29.6 Å². The predicted molar refractivity (Wildman–Crippen MR) is 177 cm³/mol. The summed E-state index contributed by atoms with van der Waals surface area (Å²) in [5.74, 6) is -0.169. The van der Waals surface area contributed by atoms with Crippen LogP contribution in [0.3, 0.4) is 0 Å². The Bertz CT molecular complexity index is 2140. The third-order valence-corrected chi connectivity index (χ3v) is 8.39. The van der Waals surface area contributed by atoms with E-state index < -0.39 is 5.69 Å². The van der Waals surface area contributed by atoms with E-state index in [1.807, 2.05) is 38.1 Å². The summed E-state index contributed by atoms with van der Waals surface area (Å²) in [6.07, 6.45) is 3.88. The molecule has 0 spiro atoms. The molecule has 0 saturated carbocycles. The van der Waals surface area contributed by atoms with Gasteiger partial charge in [-0.05, 0) is 83.1 Å². The maximum absolute atomic E-state index is 13.5. The summed E-state index contributed by atoms with van der Waals surface area (Å²) in [5.41, 5.74) is 16.3. The van der Waals surface area contributed by atoms with Crippen LogP contribution in [0.25, 0.3) is 22.6 Å². The van der Waals surface area contributed by atoms with Gasteiger partial charge in [0.25, 0.3) is 11.5 Å². The molecule has 47 heavy (non-hydrogen) atoms. The number of aryl methyl sites for hydroxylation is 1. The quantitative estimate of drug-likeness (QED) is 0.147. The largest absolute Gasteiger partial charge is 0.508 e. The average Bonchev–Trinajstić information content (AvgIpc) is 3.65. The summed E-state index contributed by atoms with van der Waals surface area (Å²) < 4.78 is 1.37. The number of hydrogen-bond donors (Lipinski definition) is 6. The molecule has 0 unspecified atom stereocenters. The van der Waals surface area contributed by atoms with Crippen molar-refractivity contribution in [2.24, 2.45) is 5.73 Å². The maximum Gasteiger partial charge on any atom is 0.348 e. The van der Waals surface area contributed by atoms with Crippen molar-refractivity contribution in [2.75, 3.05) is 5.73 Å². The highest BCUT2D eigenvalue weighted by Crippen LogP contribution is 2.37. The first-order chi connectivity index (χ1) is 22.5. The molecule has 8 N–H and O–H groups in total. The van der Waals surface area contributed by atoms with Gasteiger partial charge in [-0.3, -0.25) is 14.6 Å². The number of carbonyl (C=O) groups excluding carboxylic acids is 1. The number of nitrogens with two attached hydrogens (primary N) is 2. The van der Waals surface area contributed by atoms with Gasteiger partial charge < -0.3 is 26.6 Å². The van der Waals surface area contributed by atoms with Gasteiger partial charge >= 0.3 is 5.69 Å². The van der Waals surface area contributed by atoms with Crippen LogP contribution in [-0.2, 0) is 19.5 Å². The molecule has 240 valence electrons. The van der Waals surface area contributed by atoms with Crippen LogP contribution in [0, 0.1) is 0 Å². The van der Waals surface area contributed by atoms with Gasteiger partial charge in [0.2, 0.25) is 0 Å². The average molecular weight is 635 g/mol. The number of allylic oxidation sites excluding steroid dienone is 1. The van der Waals surface area contributed by atoms with Gasteiger partial charge in [0.1, 0.15) is 11.5 Å². The Morgan fingerprint density at radius 3 is 2.47 bits per heavy atom. The molecule has 3 heterocycles.